The van der Waals surface area contributed by atoms with Crippen molar-refractivity contribution in [3.8, 4) is 11.5 Å². The van der Waals surface area contributed by atoms with Gasteiger partial charge in [0.1, 0.15) is 13.2 Å². The maximum Gasteiger partial charge on any atom is 0.268 e. The molecule has 122 valence electrons. The minimum absolute atomic E-state index is 0.235. The topological polar surface area (TPSA) is 69.2 Å². The third kappa shape index (κ3) is 2.90. The number of carbonyl (C=O) groups excluding carboxylic acids is 1. The van der Waals surface area contributed by atoms with Crippen molar-refractivity contribution in [1.82, 2.24) is 0 Å². The summed E-state index contributed by atoms with van der Waals surface area (Å²) in [5, 5.41) is 6.86. The molecule has 6 nitrogen and oxygen atoms in total. The van der Waals surface area contributed by atoms with E-state index >= 15 is 0 Å². The Bertz CT molecular complexity index is 789. The predicted octanol–water partition coefficient (Wildman–Crippen LogP) is 2.59. The van der Waals surface area contributed by atoms with Crippen LogP contribution in [-0.2, 0) is 9.63 Å². The summed E-state index contributed by atoms with van der Waals surface area (Å²) < 4.78 is 11.0. The van der Waals surface area contributed by atoms with E-state index in [2.05, 4.69) is 10.5 Å². The van der Waals surface area contributed by atoms with Crippen LogP contribution in [-0.4, -0.2) is 30.9 Å². The second kappa shape index (κ2) is 6.23. The zero-order valence-corrected chi connectivity index (χ0v) is 12.9. The van der Waals surface area contributed by atoms with E-state index in [1.54, 1.807) is 18.2 Å². The van der Waals surface area contributed by atoms with Crippen LogP contribution >= 0.6 is 0 Å². The Balaban J connectivity index is 1.41. The van der Waals surface area contributed by atoms with Crippen LogP contribution in [0.4, 0.5) is 5.69 Å². The van der Waals surface area contributed by atoms with Crippen LogP contribution in [0.25, 0.3) is 0 Å². The minimum Gasteiger partial charge on any atom is -0.486 e. The van der Waals surface area contributed by atoms with Crippen molar-refractivity contribution in [2.24, 2.45) is 5.16 Å². The second-order valence-electron chi connectivity index (χ2n) is 5.55. The predicted molar refractivity (Wildman–Crippen MR) is 88.5 cm³/mol. The fourth-order valence-electron chi connectivity index (χ4n) is 2.66. The number of ether oxygens (including phenoxy) is 2. The maximum absolute atomic E-state index is 12.4. The molecule has 1 amide bonds. The van der Waals surface area contributed by atoms with Crippen molar-refractivity contribution >= 4 is 17.3 Å². The second-order valence-corrected chi connectivity index (χ2v) is 5.55. The molecule has 1 N–H and O–H groups in total. The number of carbonyl (C=O) groups is 1. The Kier molecular flexibility index (Phi) is 3.78. The molecule has 2 heterocycles. The molecule has 0 saturated heterocycles. The minimum atomic E-state index is -0.631. The fourth-order valence-corrected chi connectivity index (χ4v) is 2.66. The Morgan fingerprint density at radius 2 is 1.83 bits per heavy atom. The molecule has 0 bridgehead atoms. The highest BCUT2D eigenvalue weighted by atomic mass is 16.6. The first-order valence-corrected chi connectivity index (χ1v) is 7.78. The van der Waals surface area contributed by atoms with Gasteiger partial charge in [0.2, 0.25) is 6.10 Å². The van der Waals surface area contributed by atoms with Gasteiger partial charge in [0.05, 0.1) is 5.71 Å². The average Bonchev–Trinajstić information content (AvgIpc) is 3.13. The molecule has 2 aromatic carbocycles. The number of anilines is 1. The standard InChI is InChI=1S/C18H16N2O4/c21-18(17-11-14(20-24-17)12-4-2-1-3-5-12)19-13-6-7-15-16(10-13)23-9-8-22-15/h1-7,10,17H,8-9,11H2,(H,19,21)/t17-/m0/s1. The van der Waals surface area contributed by atoms with E-state index in [1.165, 1.54) is 0 Å². The number of hydrogen-bond donors (Lipinski definition) is 1. The molecule has 0 radical (unpaired) electrons. The Labute approximate surface area is 139 Å². The van der Waals surface area contributed by atoms with Crippen LogP contribution in [0.3, 0.4) is 0 Å². The van der Waals surface area contributed by atoms with Gasteiger partial charge in [0.15, 0.2) is 11.5 Å². The van der Waals surface area contributed by atoms with E-state index in [-0.39, 0.29) is 5.91 Å². The lowest BCUT2D eigenvalue weighted by Gasteiger charge is -2.19. The maximum atomic E-state index is 12.4. The van der Waals surface area contributed by atoms with E-state index in [4.69, 9.17) is 14.3 Å². The lowest BCUT2D eigenvalue weighted by molar-refractivity contribution is -0.125. The van der Waals surface area contributed by atoms with Gasteiger partial charge in [-0.1, -0.05) is 35.5 Å². The summed E-state index contributed by atoms with van der Waals surface area (Å²) in [6.07, 6.45) is -0.186. The SMILES string of the molecule is O=C(Nc1ccc2c(c1)OCCO2)[C@@H]1CC(c2ccccc2)=NO1. The Morgan fingerprint density at radius 3 is 2.67 bits per heavy atom. The smallest absolute Gasteiger partial charge is 0.268 e. The van der Waals surface area contributed by atoms with Gasteiger partial charge in [-0.25, -0.2) is 0 Å². The van der Waals surface area contributed by atoms with E-state index in [1.807, 2.05) is 30.3 Å². The zero-order valence-electron chi connectivity index (χ0n) is 12.9. The highest BCUT2D eigenvalue weighted by Crippen LogP contribution is 2.32. The monoisotopic (exact) mass is 324 g/mol. The molecule has 6 heteroatoms. The molecule has 2 aromatic rings. The van der Waals surface area contributed by atoms with E-state index in [0.29, 0.717) is 36.8 Å². The number of hydrogen-bond acceptors (Lipinski definition) is 5. The first-order chi connectivity index (χ1) is 11.8. The van der Waals surface area contributed by atoms with Gasteiger partial charge in [-0.15, -0.1) is 0 Å². The molecule has 0 fully saturated rings. The average molecular weight is 324 g/mol. The van der Waals surface area contributed by atoms with Crippen molar-refractivity contribution in [2.45, 2.75) is 12.5 Å². The van der Waals surface area contributed by atoms with Crippen LogP contribution in [0.15, 0.2) is 53.7 Å². The van der Waals surface area contributed by atoms with Crippen LogP contribution < -0.4 is 14.8 Å². The van der Waals surface area contributed by atoms with Gasteiger partial charge >= 0.3 is 0 Å². The van der Waals surface area contributed by atoms with Gasteiger partial charge in [0.25, 0.3) is 5.91 Å². The quantitative estimate of drug-likeness (QED) is 0.942. The van der Waals surface area contributed by atoms with Gasteiger partial charge in [-0.2, -0.15) is 0 Å². The number of amides is 1. The summed E-state index contributed by atoms with van der Waals surface area (Å²) in [5.41, 5.74) is 2.38. The molecule has 0 spiro atoms. The summed E-state index contributed by atoms with van der Waals surface area (Å²) in [5.74, 6) is 1.08. The van der Waals surface area contributed by atoms with Crippen LogP contribution in [0.5, 0.6) is 11.5 Å². The molecular weight excluding hydrogens is 308 g/mol. The van der Waals surface area contributed by atoms with Crippen molar-refractivity contribution in [1.29, 1.82) is 0 Å². The van der Waals surface area contributed by atoms with Gasteiger partial charge in [0, 0.05) is 18.2 Å². The molecule has 24 heavy (non-hydrogen) atoms. The Hall–Kier alpha value is -3.02. The summed E-state index contributed by atoms with van der Waals surface area (Å²) >= 11 is 0. The summed E-state index contributed by atoms with van der Waals surface area (Å²) in [7, 11) is 0. The number of nitrogens with zero attached hydrogens (tertiary/aromatic N) is 1. The largest absolute Gasteiger partial charge is 0.486 e. The summed E-state index contributed by atoms with van der Waals surface area (Å²) in [6, 6.07) is 15.0. The summed E-state index contributed by atoms with van der Waals surface area (Å²) in [6.45, 7) is 1.04. The van der Waals surface area contributed by atoms with Crippen LogP contribution in [0.1, 0.15) is 12.0 Å². The molecule has 0 aliphatic carbocycles. The lowest BCUT2D eigenvalue weighted by Crippen LogP contribution is -2.28. The van der Waals surface area contributed by atoms with Crippen molar-refractivity contribution in [3.63, 3.8) is 0 Å². The van der Waals surface area contributed by atoms with Crippen LogP contribution in [0, 0.1) is 0 Å². The summed E-state index contributed by atoms with van der Waals surface area (Å²) in [4.78, 5) is 17.7. The number of fused-ring (bicyclic) bond motifs is 1. The van der Waals surface area contributed by atoms with E-state index < -0.39 is 6.10 Å². The zero-order chi connectivity index (χ0) is 16.4. The molecular formula is C18H16N2O4. The molecule has 0 saturated carbocycles. The number of nitrogens with one attached hydrogen (secondary N) is 1. The molecule has 0 aromatic heterocycles. The Morgan fingerprint density at radius 1 is 1.04 bits per heavy atom. The van der Waals surface area contributed by atoms with Crippen molar-refractivity contribution in [2.75, 3.05) is 18.5 Å². The lowest BCUT2D eigenvalue weighted by atomic mass is 10.0. The van der Waals surface area contributed by atoms with Gasteiger partial charge < -0.3 is 19.6 Å². The highest BCUT2D eigenvalue weighted by molar-refractivity contribution is 6.06. The van der Waals surface area contributed by atoms with Crippen LogP contribution in [0.2, 0.25) is 0 Å². The normalized spacial score (nSPS) is 18.5. The first kappa shape index (κ1) is 14.6. The van der Waals surface area contributed by atoms with Gasteiger partial charge in [-0.05, 0) is 17.7 Å². The molecule has 4 rings (SSSR count). The van der Waals surface area contributed by atoms with Crippen molar-refractivity contribution in [3.05, 3.63) is 54.1 Å². The van der Waals surface area contributed by atoms with E-state index in [9.17, 15) is 4.79 Å². The molecule has 0 unspecified atom stereocenters. The number of rotatable bonds is 3. The van der Waals surface area contributed by atoms with E-state index in [0.717, 1.165) is 11.3 Å². The number of oxime groups is 1. The third-order valence-electron chi connectivity index (χ3n) is 3.88. The first-order valence-electron chi connectivity index (χ1n) is 7.78. The molecule has 2 aliphatic heterocycles. The highest BCUT2D eigenvalue weighted by Gasteiger charge is 2.29. The molecule has 2 aliphatic rings. The fraction of sp³-hybridized carbons (Fsp3) is 0.222. The third-order valence-corrected chi connectivity index (χ3v) is 3.88. The molecule has 1 atom stereocenters. The van der Waals surface area contributed by atoms with Crippen molar-refractivity contribution < 1.29 is 19.1 Å². The number of benzene rings is 2. The van der Waals surface area contributed by atoms with Gasteiger partial charge in [-0.3, -0.25) is 4.79 Å².